The average molecular weight is 269 g/mol. The average Bonchev–Trinajstić information content (AvgIpc) is 2.29. The van der Waals surface area contributed by atoms with Crippen molar-refractivity contribution >= 4 is 23.2 Å². The van der Waals surface area contributed by atoms with E-state index in [-0.39, 0.29) is 0 Å². The molecule has 0 N–H and O–H groups in total. The molecule has 5 heteroatoms. The van der Waals surface area contributed by atoms with Crippen LogP contribution in [0.25, 0.3) is 11.4 Å². The molecule has 3 nitrogen and oxygen atoms in total. The summed E-state index contributed by atoms with van der Waals surface area (Å²) in [6.07, 6.45) is 0. The Morgan fingerprint density at radius 1 is 1.12 bits per heavy atom. The van der Waals surface area contributed by atoms with Gasteiger partial charge in [-0.2, -0.15) is 4.98 Å². The van der Waals surface area contributed by atoms with E-state index in [0.717, 1.165) is 5.56 Å². The molecule has 2 aromatic rings. The quantitative estimate of drug-likeness (QED) is 0.794. The number of benzene rings is 1. The van der Waals surface area contributed by atoms with Crippen LogP contribution in [0.5, 0.6) is 5.88 Å². The van der Waals surface area contributed by atoms with Gasteiger partial charge in [0.2, 0.25) is 5.88 Å². The Labute approximate surface area is 109 Å². The first kappa shape index (κ1) is 12.1. The summed E-state index contributed by atoms with van der Waals surface area (Å²) in [4.78, 5) is 8.41. The van der Waals surface area contributed by atoms with E-state index in [2.05, 4.69) is 9.97 Å². The largest absolute Gasteiger partial charge is 0.478 e. The minimum atomic E-state index is 0.355. The fourth-order valence-corrected chi connectivity index (χ4v) is 1.65. The van der Waals surface area contributed by atoms with Gasteiger partial charge in [0.05, 0.1) is 6.61 Å². The van der Waals surface area contributed by atoms with Crippen LogP contribution >= 0.6 is 23.2 Å². The zero-order valence-electron chi connectivity index (χ0n) is 9.15. The summed E-state index contributed by atoms with van der Waals surface area (Å²) in [5, 5.41) is 1.02. The third kappa shape index (κ3) is 3.08. The SMILES string of the molecule is CCOc1cc(Cl)nc(-c2ccc(Cl)cc2)n1. The summed E-state index contributed by atoms with van der Waals surface area (Å²) >= 11 is 11.7. The number of hydrogen-bond acceptors (Lipinski definition) is 3. The highest BCUT2D eigenvalue weighted by Crippen LogP contribution is 2.22. The van der Waals surface area contributed by atoms with Crippen LogP contribution < -0.4 is 4.74 Å². The van der Waals surface area contributed by atoms with Crippen LogP contribution in [0, 0.1) is 0 Å². The zero-order valence-corrected chi connectivity index (χ0v) is 10.7. The Kier molecular flexibility index (Phi) is 3.82. The fraction of sp³-hybridized carbons (Fsp3) is 0.167. The van der Waals surface area contributed by atoms with Crippen molar-refractivity contribution < 1.29 is 4.74 Å². The highest BCUT2D eigenvalue weighted by atomic mass is 35.5. The van der Waals surface area contributed by atoms with Crippen molar-refractivity contribution in [1.29, 1.82) is 0 Å². The Bertz CT molecular complexity index is 514. The molecule has 0 fully saturated rings. The van der Waals surface area contributed by atoms with Crippen molar-refractivity contribution in [3.05, 3.63) is 40.5 Å². The Morgan fingerprint density at radius 2 is 1.82 bits per heavy atom. The van der Waals surface area contributed by atoms with Crippen molar-refractivity contribution in [3.63, 3.8) is 0 Å². The minimum absolute atomic E-state index is 0.355. The molecule has 1 aromatic carbocycles. The topological polar surface area (TPSA) is 35.0 Å². The van der Waals surface area contributed by atoms with Gasteiger partial charge in [0.15, 0.2) is 5.82 Å². The van der Waals surface area contributed by atoms with E-state index in [4.69, 9.17) is 27.9 Å². The van der Waals surface area contributed by atoms with Crippen molar-refractivity contribution in [1.82, 2.24) is 9.97 Å². The molecule has 17 heavy (non-hydrogen) atoms. The summed E-state index contributed by atoms with van der Waals surface area (Å²) in [7, 11) is 0. The second kappa shape index (κ2) is 5.34. The number of halogens is 2. The van der Waals surface area contributed by atoms with E-state index in [1.165, 1.54) is 0 Å². The van der Waals surface area contributed by atoms with Crippen molar-refractivity contribution in [2.24, 2.45) is 0 Å². The number of hydrogen-bond donors (Lipinski definition) is 0. The molecule has 0 saturated carbocycles. The molecule has 0 aliphatic carbocycles. The van der Waals surface area contributed by atoms with Crippen LogP contribution in [0.4, 0.5) is 0 Å². The lowest BCUT2D eigenvalue weighted by molar-refractivity contribution is 0.326. The van der Waals surface area contributed by atoms with E-state index in [9.17, 15) is 0 Å². The van der Waals surface area contributed by atoms with Crippen molar-refractivity contribution in [3.8, 4) is 17.3 Å². The summed E-state index contributed by atoms with van der Waals surface area (Å²) < 4.78 is 5.31. The second-order valence-corrected chi connectivity index (χ2v) is 4.12. The van der Waals surface area contributed by atoms with Crippen LogP contribution in [0.1, 0.15) is 6.92 Å². The van der Waals surface area contributed by atoms with E-state index < -0.39 is 0 Å². The predicted octanol–water partition coefficient (Wildman–Crippen LogP) is 3.85. The van der Waals surface area contributed by atoms with Gasteiger partial charge in [0, 0.05) is 16.7 Å². The third-order valence-electron chi connectivity index (χ3n) is 2.07. The van der Waals surface area contributed by atoms with Crippen LogP contribution in [0.2, 0.25) is 10.2 Å². The molecule has 0 spiro atoms. The van der Waals surface area contributed by atoms with Gasteiger partial charge in [-0.25, -0.2) is 4.98 Å². The third-order valence-corrected chi connectivity index (χ3v) is 2.51. The molecule has 0 amide bonds. The summed E-state index contributed by atoms with van der Waals surface area (Å²) in [6, 6.07) is 8.82. The van der Waals surface area contributed by atoms with E-state index in [1.54, 1.807) is 18.2 Å². The lowest BCUT2D eigenvalue weighted by Crippen LogP contribution is -1.97. The van der Waals surface area contributed by atoms with Gasteiger partial charge < -0.3 is 4.74 Å². The maximum atomic E-state index is 5.91. The maximum absolute atomic E-state index is 5.91. The first-order chi connectivity index (χ1) is 8.19. The normalized spacial score (nSPS) is 10.3. The maximum Gasteiger partial charge on any atom is 0.218 e. The molecule has 1 aromatic heterocycles. The van der Waals surface area contributed by atoms with E-state index in [0.29, 0.717) is 28.5 Å². The highest BCUT2D eigenvalue weighted by molar-refractivity contribution is 6.30. The van der Waals surface area contributed by atoms with E-state index >= 15 is 0 Å². The first-order valence-electron chi connectivity index (χ1n) is 5.12. The molecule has 0 unspecified atom stereocenters. The van der Waals surface area contributed by atoms with Gasteiger partial charge in [-0.3, -0.25) is 0 Å². The molecule has 0 atom stereocenters. The lowest BCUT2D eigenvalue weighted by atomic mass is 10.2. The van der Waals surface area contributed by atoms with E-state index in [1.807, 2.05) is 19.1 Å². The van der Waals surface area contributed by atoms with Crippen LogP contribution in [-0.4, -0.2) is 16.6 Å². The van der Waals surface area contributed by atoms with Crippen molar-refractivity contribution in [2.45, 2.75) is 6.92 Å². The highest BCUT2D eigenvalue weighted by Gasteiger charge is 2.06. The lowest BCUT2D eigenvalue weighted by Gasteiger charge is -2.05. The fourth-order valence-electron chi connectivity index (χ4n) is 1.35. The minimum Gasteiger partial charge on any atom is -0.478 e. The number of nitrogens with zero attached hydrogens (tertiary/aromatic N) is 2. The Hall–Kier alpha value is -1.32. The molecular formula is C12H10Cl2N2O. The zero-order chi connectivity index (χ0) is 12.3. The summed E-state index contributed by atoms with van der Waals surface area (Å²) in [6.45, 7) is 2.42. The number of ether oxygens (including phenoxy) is 1. The summed E-state index contributed by atoms with van der Waals surface area (Å²) in [5.74, 6) is 0.995. The number of aromatic nitrogens is 2. The molecule has 0 bridgehead atoms. The molecule has 88 valence electrons. The molecule has 0 saturated heterocycles. The predicted molar refractivity (Wildman–Crippen MR) is 68.7 cm³/mol. The summed E-state index contributed by atoms with van der Waals surface area (Å²) in [5.41, 5.74) is 0.845. The monoisotopic (exact) mass is 268 g/mol. The molecule has 0 aliphatic heterocycles. The number of rotatable bonds is 3. The second-order valence-electron chi connectivity index (χ2n) is 3.29. The van der Waals surface area contributed by atoms with Gasteiger partial charge >= 0.3 is 0 Å². The van der Waals surface area contributed by atoms with Gasteiger partial charge in [-0.1, -0.05) is 23.2 Å². The molecule has 0 radical (unpaired) electrons. The molecular weight excluding hydrogens is 259 g/mol. The van der Waals surface area contributed by atoms with Crippen LogP contribution in [-0.2, 0) is 0 Å². The van der Waals surface area contributed by atoms with Gasteiger partial charge in [0.25, 0.3) is 0 Å². The van der Waals surface area contributed by atoms with Crippen LogP contribution in [0.15, 0.2) is 30.3 Å². The smallest absolute Gasteiger partial charge is 0.218 e. The Balaban J connectivity index is 2.40. The molecule has 1 heterocycles. The molecule has 2 rings (SSSR count). The van der Waals surface area contributed by atoms with Crippen LogP contribution in [0.3, 0.4) is 0 Å². The van der Waals surface area contributed by atoms with Gasteiger partial charge in [0.1, 0.15) is 5.15 Å². The first-order valence-corrected chi connectivity index (χ1v) is 5.88. The Morgan fingerprint density at radius 3 is 2.47 bits per heavy atom. The molecule has 0 aliphatic rings. The van der Waals surface area contributed by atoms with Gasteiger partial charge in [-0.05, 0) is 31.2 Å². The van der Waals surface area contributed by atoms with Gasteiger partial charge in [-0.15, -0.1) is 0 Å². The standard InChI is InChI=1S/C12H10Cl2N2O/c1-2-17-11-7-10(14)15-12(16-11)8-3-5-9(13)6-4-8/h3-7H,2H2,1H3. The van der Waals surface area contributed by atoms with Crippen molar-refractivity contribution in [2.75, 3.05) is 6.61 Å².